The topological polar surface area (TPSA) is 81.9 Å². The van der Waals surface area contributed by atoms with Crippen molar-refractivity contribution in [2.45, 2.75) is 6.92 Å². The molecule has 0 radical (unpaired) electrons. The maximum Gasteiger partial charge on any atom is 0.276 e. The monoisotopic (exact) mass is 423 g/mol. The summed E-state index contributed by atoms with van der Waals surface area (Å²) in [5.41, 5.74) is 3.65. The molecule has 3 heterocycles. The van der Waals surface area contributed by atoms with Crippen molar-refractivity contribution in [3.8, 4) is 27.6 Å². The summed E-state index contributed by atoms with van der Waals surface area (Å²) in [7, 11) is 3.34. The summed E-state index contributed by atoms with van der Waals surface area (Å²) in [5.74, 6) is -0.478. The van der Waals surface area contributed by atoms with Gasteiger partial charge in [0.05, 0.1) is 24.7 Å². The van der Waals surface area contributed by atoms with Gasteiger partial charge in [0.25, 0.3) is 5.91 Å². The van der Waals surface area contributed by atoms with Crippen LogP contribution in [0.4, 0.5) is 10.1 Å². The van der Waals surface area contributed by atoms with Crippen LogP contribution in [-0.4, -0.2) is 32.8 Å². The van der Waals surface area contributed by atoms with Crippen LogP contribution in [0.1, 0.15) is 16.1 Å². The number of ether oxygens (including phenoxy) is 1. The Balaban J connectivity index is 1.75. The molecule has 0 unspecified atom stereocenters. The van der Waals surface area contributed by atoms with Gasteiger partial charge in [-0.25, -0.2) is 9.37 Å². The maximum absolute atomic E-state index is 13.8. The summed E-state index contributed by atoms with van der Waals surface area (Å²) in [6, 6.07) is 6.89. The zero-order valence-corrected chi connectivity index (χ0v) is 17.3. The first kappa shape index (κ1) is 19.7. The van der Waals surface area contributed by atoms with Crippen molar-refractivity contribution in [1.29, 1.82) is 0 Å². The van der Waals surface area contributed by atoms with Crippen molar-refractivity contribution < 1.29 is 13.9 Å². The lowest BCUT2D eigenvalue weighted by atomic mass is 9.98. The third-order valence-corrected chi connectivity index (χ3v) is 5.51. The lowest BCUT2D eigenvalue weighted by Gasteiger charge is -2.14. The lowest BCUT2D eigenvalue weighted by molar-refractivity contribution is 0.102. The van der Waals surface area contributed by atoms with Gasteiger partial charge in [0, 0.05) is 35.9 Å². The molecule has 7 nitrogen and oxygen atoms in total. The zero-order valence-electron chi connectivity index (χ0n) is 16.5. The number of pyridine rings is 1. The molecule has 0 aliphatic carbocycles. The number of hydrogen-bond acceptors (Lipinski definition) is 6. The van der Waals surface area contributed by atoms with Gasteiger partial charge in [0.2, 0.25) is 0 Å². The van der Waals surface area contributed by atoms with Crippen molar-refractivity contribution in [1.82, 2.24) is 19.7 Å². The number of benzene rings is 1. The molecule has 3 aromatic heterocycles. The maximum atomic E-state index is 13.8. The van der Waals surface area contributed by atoms with Crippen molar-refractivity contribution in [3.05, 3.63) is 65.3 Å². The zero-order chi connectivity index (χ0) is 21.3. The first-order chi connectivity index (χ1) is 14.5. The molecule has 0 saturated heterocycles. The van der Waals surface area contributed by atoms with Crippen molar-refractivity contribution in [2.75, 3.05) is 12.4 Å². The fraction of sp³-hybridized carbons (Fsp3) is 0.143. The molecule has 0 aliphatic rings. The molecule has 0 atom stereocenters. The van der Waals surface area contributed by atoms with Crippen LogP contribution in [0.3, 0.4) is 0 Å². The van der Waals surface area contributed by atoms with E-state index in [0.717, 1.165) is 27.9 Å². The molecule has 1 amide bonds. The Morgan fingerprint density at radius 3 is 2.80 bits per heavy atom. The predicted octanol–water partition coefficient (Wildman–Crippen LogP) is 4.31. The number of amides is 1. The molecule has 0 aliphatic heterocycles. The quantitative estimate of drug-likeness (QED) is 0.517. The van der Waals surface area contributed by atoms with Gasteiger partial charge >= 0.3 is 0 Å². The second-order valence-corrected chi connectivity index (χ2v) is 7.40. The Hall–Kier alpha value is -3.59. The first-order valence-electron chi connectivity index (χ1n) is 9.02. The highest BCUT2D eigenvalue weighted by molar-refractivity contribution is 7.13. The number of rotatable bonds is 5. The number of nitrogens with zero attached hydrogens (tertiary/aromatic N) is 4. The third kappa shape index (κ3) is 3.55. The molecular weight excluding hydrogens is 405 g/mol. The highest BCUT2D eigenvalue weighted by Crippen LogP contribution is 2.39. The fourth-order valence-electron chi connectivity index (χ4n) is 3.24. The Bertz CT molecular complexity index is 1220. The van der Waals surface area contributed by atoms with E-state index in [4.69, 9.17) is 4.74 Å². The molecular formula is C21H18FN5O2S. The van der Waals surface area contributed by atoms with E-state index in [0.29, 0.717) is 11.4 Å². The number of methoxy groups -OCH3 is 1. The van der Waals surface area contributed by atoms with E-state index in [1.165, 1.54) is 12.3 Å². The molecule has 9 heteroatoms. The Labute approximate surface area is 176 Å². The molecule has 152 valence electrons. The Morgan fingerprint density at radius 2 is 2.10 bits per heavy atom. The standard InChI is InChI=1S/C21H18FN5O2S/c1-12-13(21-24-8-9-30-21)4-5-18(29-3)19(12)17-10-16(26-27(17)2)20(28)25-15-6-7-23-11-14(15)22/h4-11H,1-3H3,(H,23,25,28). The minimum Gasteiger partial charge on any atom is -0.496 e. The first-order valence-corrected chi connectivity index (χ1v) is 9.90. The number of anilines is 1. The number of carbonyl (C=O) groups is 1. The van der Waals surface area contributed by atoms with E-state index in [1.54, 1.807) is 42.4 Å². The van der Waals surface area contributed by atoms with Crippen LogP contribution >= 0.6 is 11.3 Å². The second kappa shape index (κ2) is 8.03. The van der Waals surface area contributed by atoms with Crippen LogP contribution in [0.25, 0.3) is 21.8 Å². The van der Waals surface area contributed by atoms with Gasteiger partial charge in [0.1, 0.15) is 10.8 Å². The molecule has 30 heavy (non-hydrogen) atoms. The Kier molecular flexibility index (Phi) is 5.28. The van der Waals surface area contributed by atoms with Crippen LogP contribution in [0.5, 0.6) is 5.75 Å². The van der Waals surface area contributed by atoms with Crippen LogP contribution in [0.2, 0.25) is 0 Å². The van der Waals surface area contributed by atoms with E-state index < -0.39 is 11.7 Å². The number of carbonyl (C=O) groups excluding carboxylic acids is 1. The third-order valence-electron chi connectivity index (χ3n) is 4.70. The van der Waals surface area contributed by atoms with Crippen molar-refractivity contribution >= 4 is 22.9 Å². The summed E-state index contributed by atoms with van der Waals surface area (Å²) < 4.78 is 21.0. The minimum atomic E-state index is -0.615. The van der Waals surface area contributed by atoms with Crippen LogP contribution in [0, 0.1) is 12.7 Å². The summed E-state index contributed by atoms with van der Waals surface area (Å²) in [6.45, 7) is 1.98. The molecule has 4 rings (SSSR count). The van der Waals surface area contributed by atoms with Crippen LogP contribution in [0.15, 0.2) is 48.2 Å². The number of thiazole rings is 1. The molecule has 1 aromatic carbocycles. The van der Waals surface area contributed by atoms with Gasteiger partial charge in [-0.15, -0.1) is 11.3 Å². The molecule has 0 fully saturated rings. The van der Waals surface area contributed by atoms with E-state index >= 15 is 0 Å². The summed E-state index contributed by atoms with van der Waals surface area (Å²) >= 11 is 1.55. The SMILES string of the molecule is COc1ccc(-c2nccs2)c(C)c1-c1cc(C(=O)Nc2ccncc2F)nn1C. The van der Waals surface area contributed by atoms with Gasteiger partial charge in [-0.05, 0) is 36.8 Å². The summed E-state index contributed by atoms with van der Waals surface area (Å²) in [6.07, 6.45) is 4.20. The normalized spacial score (nSPS) is 10.8. The highest BCUT2D eigenvalue weighted by atomic mass is 32.1. The number of aryl methyl sites for hydroxylation is 1. The average Bonchev–Trinajstić information content (AvgIpc) is 3.39. The van der Waals surface area contributed by atoms with E-state index in [2.05, 4.69) is 20.4 Å². The van der Waals surface area contributed by atoms with Crippen LogP contribution in [-0.2, 0) is 7.05 Å². The minimum absolute atomic E-state index is 0.0433. The largest absolute Gasteiger partial charge is 0.496 e. The van der Waals surface area contributed by atoms with Gasteiger partial charge in [-0.3, -0.25) is 14.5 Å². The van der Waals surface area contributed by atoms with Gasteiger partial charge in [-0.1, -0.05) is 0 Å². The number of aromatic nitrogens is 4. The summed E-state index contributed by atoms with van der Waals surface area (Å²) in [5, 5.41) is 9.66. The van der Waals surface area contributed by atoms with Crippen molar-refractivity contribution in [3.63, 3.8) is 0 Å². The van der Waals surface area contributed by atoms with E-state index in [1.807, 2.05) is 24.4 Å². The van der Waals surface area contributed by atoms with E-state index in [9.17, 15) is 9.18 Å². The molecule has 0 bridgehead atoms. The van der Waals surface area contributed by atoms with Gasteiger partial charge in [-0.2, -0.15) is 5.10 Å². The fourth-order valence-corrected chi connectivity index (χ4v) is 3.96. The Morgan fingerprint density at radius 1 is 1.27 bits per heavy atom. The average molecular weight is 423 g/mol. The van der Waals surface area contributed by atoms with Crippen molar-refractivity contribution in [2.24, 2.45) is 7.05 Å². The molecule has 0 saturated carbocycles. The van der Waals surface area contributed by atoms with Crippen LogP contribution < -0.4 is 10.1 Å². The number of halogens is 1. The van der Waals surface area contributed by atoms with E-state index in [-0.39, 0.29) is 11.4 Å². The number of nitrogens with one attached hydrogen (secondary N) is 1. The second-order valence-electron chi connectivity index (χ2n) is 6.50. The number of hydrogen-bond donors (Lipinski definition) is 1. The van der Waals surface area contributed by atoms with Gasteiger partial charge < -0.3 is 10.1 Å². The molecule has 4 aromatic rings. The smallest absolute Gasteiger partial charge is 0.276 e. The van der Waals surface area contributed by atoms with Gasteiger partial charge in [0.15, 0.2) is 11.5 Å². The lowest BCUT2D eigenvalue weighted by Crippen LogP contribution is -2.14. The molecule has 0 spiro atoms. The summed E-state index contributed by atoms with van der Waals surface area (Å²) in [4.78, 5) is 20.7. The predicted molar refractivity (Wildman–Crippen MR) is 113 cm³/mol. The molecule has 1 N–H and O–H groups in total. The highest BCUT2D eigenvalue weighted by Gasteiger charge is 2.21.